The van der Waals surface area contributed by atoms with Gasteiger partial charge < -0.3 is 19.9 Å². The van der Waals surface area contributed by atoms with E-state index in [1.165, 1.54) is 11.2 Å². The number of piperazine rings is 1. The van der Waals surface area contributed by atoms with Crippen molar-refractivity contribution in [1.29, 1.82) is 0 Å². The Hall–Kier alpha value is -3.10. The van der Waals surface area contributed by atoms with Gasteiger partial charge in [0.25, 0.3) is 0 Å². The first kappa shape index (κ1) is 18.7. The van der Waals surface area contributed by atoms with E-state index < -0.39 is 0 Å². The van der Waals surface area contributed by atoms with Crippen LogP contribution in [-0.4, -0.2) is 63.2 Å². The summed E-state index contributed by atoms with van der Waals surface area (Å²) in [4.78, 5) is 32.4. The molecule has 144 valence electrons. The summed E-state index contributed by atoms with van der Waals surface area (Å²) in [6.45, 7) is 3.36. The molecule has 0 unspecified atom stereocenters. The van der Waals surface area contributed by atoms with Crippen molar-refractivity contribution in [2.24, 2.45) is 7.05 Å². The van der Waals surface area contributed by atoms with Crippen molar-refractivity contribution >= 4 is 11.9 Å². The van der Waals surface area contributed by atoms with Crippen LogP contribution in [0.25, 0.3) is 0 Å². The number of ether oxygens (including phenoxy) is 1. The zero-order valence-electron chi connectivity index (χ0n) is 15.8. The first-order valence-electron chi connectivity index (χ1n) is 8.78. The molecule has 27 heavy (non-hydrogen) atoms. The van der Waals surface area contributed by atoms with E-state index in [0.29, 0.717) is 25.5 Å². The standard InChI is InChI=1S/C18H24N6O3/c1-13(17-19-12-20-22(17)2)21-18(26)24-8-7-23(16(25)11-24)10-14-5-4-6-15(9-14)27-3/h4-6,9,12-13H,7-8,10-11H2,1-3H3,(H,21,26)/t13-/m0/s1. The van der Waals surface area contributed by atoms with Gasteiger partial charge in [-0.05, 0) is 24.6 Å². The Morgan fingerprint density at radius 3 is 2.85 bits per heavy atom. The third kappa shape index (κ3) is 4.36. The summed E-state index contributed by atoms with van der Waals surface area (Å²) in [6.07, 6.45) is 1.44. The number of nitrogens with zero attached hydrogens (tertiary/aromatic N) is 5. The molecule has 3 rings (SSSR count). The van der Waals surface area contributed by atoms with Crippen LogP contribution >= 0.6 is 0 Å². The molecule has 1 aliphatic rings. The third-order valence-corrected chi connectivity index (χ3v) is 4.59. The molecule has 9 nitrogen and oxygen atoms in total. The summed E-state index contributed by atoms with van der Waals surface area (Å²) >= 11 is 0. The van der Waals surface area contributed by atoms with Crippen LogP contribution in [0.1, 0.15) is 24.4 Å². The Bertz CT molecular complexity index is 821. The van der Waals surface area contributed by atoms with Crippen molar-refractivity contribution in [3.8, 4) is 5.75 Å². The van der Waals surface area contributed by atoms with Gasteiger partial charge in [-0.1, -0.05) is 12.1 Å². The lowest BCUT2D eigenvalue weighted by molar-refractivity contribution is -0.135. The Balaban J connectivity index is 1.55. The number of hydrogen-bond acceptors (Lipinski definition) is 5. The van der Waals surface area contributed by atoms with Crippen molar-refractivity contribution in [2.45, 2.75) is 19.5 Å². The lowest BCUT2D eigenvalue weighted by Gasteiger charge is -2.34. The SMILES string of the molecule is COc1cccc(CN2CCN(C(=O)N[C@@H](C)c3ncnn3C)CC2=O)c1. The fourth-order valence-electron chi connectivity index (χ4n) is 3.08. The van der Waals surface area contributed by atoms with Gasteiger partial charge in [0, 0.05) is 26.7 Å². The highest BCUT2D eigenvalue weighted by Crippen LogP contribution is 2.16. The summed E-state index contributed by atoms with van der Waals surface area (Å²) in [6, 6.07) is 7.06. The largest absolute Gasteiger partial charge is 0.497 e. The quantitative estimate of drug-likeness (QED) is 0.843. The van der Waals surface area contributed by atoms with Crippen molar-refractivity contribution in [3.05, 3.63) is 42.0 Å². The Kier molecular flexibility index (Phi) is 5.58. The lowest BCUT2D eigenvalue weighted by Crippen LogP contribution is -2.54. The second kappa shape index (κ2) is 8.07. The smallest absolute Gasteiger partial charge is 0.318 e. The first-order chi connectivity index (χ1) is 13.0. The molecule has 1 atom stereocenters. The Morgan fingerprint density at radius 2 is 2.19 bits per heavy atom. The molecule has 0 spiro atoms. The second-order valence-electron chi connectivity index (χ2n) is 6.50. The molecule has 1 aliphatic heterocycles. The maximum absolute atomic E-state index is 12.5. The number of aryl methyl sites for hydroxylation is 1. The lowest BCUT2D eigenvalue weighted by atomic mass is 10.2. The number of rotatable bonds is 5. The summed E-state index contributed by atoms with van der Waals surface area (Å²) in [5, 5.41) is 6.87. The molecule has 0 saturated carbocycles. The number of carbonyl (C=O) groups excluding carboxylic acids is 2. The number of hydrogen-bond donors (Lipinski definition) is 1. The number of carbonyl (C=O) groups is 2. The Labute approximate surface area is 157 Å². The topological polar surface area (TPSA) is 92.6 Å². The minimum atomic E-state index is -0.296. The van der Waals surface area contributed by atoms with E-state index in [9.17, 15) is 9.59 Å². The van der Waals surface area contributed by atoms with E-state index in [1.54, 1.807) is 23.7 Å². The molecule has 3 amide bonds. The highest BCUT2D eigenvalue weighted by atomic mass is 16.5. The van der Waals surface area contributed by atoms with E-state index in [1.807, 2.05) is 31.2 Å². The molecule has 1 aromatic heterocycles. The van der Waals surface area contributed by atoms with Crippen molar-refractivity contribution in [2.75, 3.05) is 26.7 Å². The minimum absolute atomic E-state index is 0.0569. The summed E-state index contributed by atoms with van der Waals surface area (Å²) in [5.74, 6) is 1.34. The average molecular weight is 372 g/mol. The Morgan fingerprint density at radius 1 is 1.37 bits per heavy atom. The fourth-order valence-corrected chi connectivity index (χ4v) is 3.08. The molecule has 1 fully saturated rings. The minimum Gasteiger partial charge on any atom is -0.497 e. The van der Waals surface area contributed by atoms with Gasteiger partial charge in [0.2, 0.25) is 5.91 Å². The maximum atomic E-state index is 12.5. The van der Waals surface area contributed by atoms with Crippen molar-refractivity contribution in [3.63, 3.8) is 0 Å². The zero-order chi connectivity index (χ0) is 19.4. The predicted octanol–water partition coefficient (Wildman–Crippen LogP) is 0.939. The van der Waals surface area contributed by atoms with Crippen LogP contribution in [0.15, 0.2) is 30.6 Å². The summed E-state index contributed by atoms with van der Waals surface area (Å²) < 4.78 is 6.83. The van der Waals surface area contributed by atoms with Crippen molar-refractivity contribution < 1.29 is 14.3 Å². The maximum Gasteiger partial charge on any atom is 0.318 e. The van der Waals surface area contributed by atoms with Gasteiger partial charge in [-0.25, -0.2) is 9.78 Å². The predicted molar refractivity (Wildman–Crippen MR) is 97.9 cm³/mol. The van der Waals surface area contributed by atoms with Gasteiger partial charge in [-0.2, -0.15) is 5.10 Å². The molecule has 1 aromatic carbocycles. The van der Waals surface area contributed by atoms with E-state index in [4.69, 9.17) is 4.74 Å². The number of urea groups is 1. The fraction of sp³-hybridized carbons (Fsp3) is 0.444. The van der Waals surface area contributed by atoms with Gasteiger partial charge in [0.15, 0.2) is 0 Å². The van der Waals surface area contributed by atoms with Crippen LogP contribution in [0, 0.1) is 0 Å². The highest BCUT2D eigenvalue weighted by Gasteiger charge is 2.28. The van der Waals surface area contributed by atoms with Crippen LogP contribution in [0.5, 0.6) is 5.75 Å². The van der Waals surface area contributed by atoms with Crippen LogP contribution in [0.2, 0.25) is 0 Å². The van der Waals surface area contributed by atoms with E-state index in [0.717, 1.165) is 11.3 Å². The van der Waals surface area contributed by atoms with Crippen LogP contribution in [0.4, 0.5) is 4.79 Å². The van der Waals surface area contributed by atoms with Gasteiger partial charge in [0.1, 0.15) is 24.4 Å². The molecule has 2 heterocycles. The van der Waals surface area contributed by atoms with E-state index in [-0.39, 0.29) is 24.5 Å². The van der Waals surface area contributed by atoms with Crippen LogP contribution < -0.4 is 10.1 Å². The van der Waals surface area contributed by atoms with E-state index >= 15 is 0 Å². The number of amides is 3. The monoisotopic (exact) mass is 372 g/mol. The van der Waals surface area contributed by atoms with E-state index in [2.05, 4.69) is 15.4 Å². The van der Waals surface area contributed by atoms with Gasteiger partial charge in [0.05, 0.1) is 13.2 Å². The van der Waals surface area contributed by atoms with Gasteiger partial charge in [-0.15, -0.1) is 0 Å². The zero-order valence-corrected chi connectivity index (χ0v) is 15.8. The third-order valence-electron chi connectivity index (χ3n) is 4.59. The summed E-state index contributed by atoms with van der Waals surface area (Å²) in [5.41, 5.74) is 0.997. The molecule has 1 saturated heterocycles. The molecular weight excluding hydrogens is 348 g/mol. The first-order valence-corrected chi connectivity index (χ1v) is 8.78. The second-order valence-corrected chi connectivity index (χ2v) is 6.50. The normalized spacial score (nSPS) is 15.6. The number of methoxy groups -OCH3 is 1. The molecule has 2 aromatic rings. The van der Waals surface area contributed by atoms with Crippen molar-refractivity contribution in [1.82, 2.24) is 29.9 Å². The molecule has 1 N–H and O–H groups in total. The molecule has 9 heteroatoms. The average Bonchev–Trinajstić information content (AvgIpc) is 3.09. The van der Waals surface area contributed by atoms with Gasteiger partial charge in [-0.3, -0.25) is 9.48 Å². The van der Waals surface area contributed by atoms with Crippen LogP contribution in [0.3, 0.4) is 0 Å². The van der Waals surface area contributed by atoms with Crippen LogP contribution in [-0.2, 0) is 18.4 Å². The highest BCUT2D eigenvalue weighted by molar-refractivity contribution is 5.85. The number of nitrogens with one attached hydrogen (secondary N) is 1. The van der Waals surface area contributed by atoms with Gasteiger partial charge >= 0.3 is 6.03 Å². The molecule has 0 aliphatic carbocycles. The number of aromatic nitrogens is 3. The number of benzene rings is 1. The molecule has 0 bridgehead atoms. The molecular formula is C18H24N6O3. The summed E-state index contributed by atoms with van der Waals surface area (Å²) in [7, 11) is 3.38. The molecule has 0 radical (unpaired) electrons.